The second kappa shape index (κ2) is 7.68. The predicted molar refractivity (Wildman–Crippen MR) is 97.4 cm³/mol. The minimum Gasteiger partial charge on any atom is -0.356 e. The van der Waals surface area contributed by atoms with Crippen LogP contribution in [-0.2, 0) is 17.6 Å². The minimum absolute atomic E-state index is 0.0639. The van der Waals surface area contributed by atoms with Gasteiger partial charge in [0.2, 0.25) is 5.91 Å². The lowest BCUT2D eigenvalue weighted by Gasteiger charge is -2.21. The Morgan fingerprint density at radius 3 is 2.79 bits per heavy atom. The SMILES string of the molecule is CC(C)CCNC(=O)[C@H]1CCc2sc(C(=O)N3CCCC3)cc2C1. The van der Waals surface area contributed by atoms with Gasteiger partial charge >= 0.3 is 0 Å². The van der Waals surface area contributed by atoms with Gasteiger partial charge in [-0.1, -0.05) is 13.8 Å². The standard InChI is InChI=1S/C19H28N2O2S/c1-13(2)7-8-20-18(22)14-5-6-16-15(11-14)12-17(24-16)19(23)21-9-3-4-10-21/h12-14H,3-11H2,1-2H3,(H,20,22)/t14-/m0/s1. The molecule has 2 aliphatic rings. The van der Waals surface area contributed by atoms with E-state index in [4.69, 9.17) is 0 Å². The molecule has 1 aromatic rings. The molecule has 0 saturated carbocycles. The van der Waals surface area contributed by atoms with Crippen LogP contribution < -0.4 is 5.32 Å². The molecule has 0 radical (unpaired) electrons. The van der Waals surface area contributed by atoms with E-state index in [1.807, 2.05) is 11.0 Å². The maximum Gasteiger partial charge on any atom is 0.263 e. The quantitative estimate of drug-likeness (QED) is 0.888. The number of amides is 2. The highest BCUT2D eigenvalue weighted by atomic mass is 32.1. The van der Waals surface area contributed by atoms with Crippen molar-refractivity contribution in [1.82, 2.24) is 10.2 Å². The molecule has 4 nitrogen and oxygen atoms in total. The van der Waals surface area contributed by atoms with Crippen molar-refractivity contribution in [2.45, 2.75) is 52.4 Å². The highest BCUT2D eigenvalue weighted by Crippen LogP contribution is 2.33. The number of hydrogen-bond donors (Lipinski definition) is 1. The van der Waals surface area contributed by atoms with Crippen molar-refractivity contribution in [3.8, 4) is 0 Å². The molecular formula is C19H28N2O2S. The molecule has 2 heterocycles. The molecule has 1 N–H and O–H groups in total. The highest BCUT2D eigenvalue weighted by Gasteiger charge is 2.28. The van der Waals surface area contributed by atoms with Crippen LogP contribution in [0.3, 0.4) is 0 Å². The Kier molecular flexibility index (Phi) is 5.59. The molecule has 0 aromatic carbocycles. The average Bonchev–Trinajstić information content (AvgIpc) is 3.22. The number of aryl methyl sites for hydroxylation is 1. The third-order valence-corrected chi connectivity index (χ3v) is 6.30. The van der Waals surface area contributed by atoms with Crippen molar-refractivity contribution < 1.29 is 9.59 Å². The zero-order chi connectivity index (χ0) is 17.1. The lowest BCUT2D eigenvalue weighted by Crippen LogP contribution is -2.34. The largest absolute Gasteiger partial charge is 0.356 e. The van der Waals surface area contributed by atoms with Gasteiger partial charge in [0.15, 0.2) is 0 Å². The summed E-state index contributed by atoms with van der Waals surface area (Å²) in [5.41, 5.74) is 1.22. The van der Waals surface area contributed by atoms with Crippen molar-refractivity contribution in [2.75, 3.05) is 19.6 Å². The van der Waals surface area contributed by atoms with Gasteiger partial charge in [-0.3, -0.25) is 9.59 Å². The Labute approximate surface area is 148 Å². The molecule has 0 unspecified atom stereocenters. The van der Waals surface area contributed by atoms with E-state index < -0.39 is 0 Å². The van der Waals surface area contributed by atoms with Crippen LogP contribution >= 0.6 is 11.3 Å². The molecule has 1 aliphatic heterocycles. The summed E-state index contributed by atoms with van der Waals surface area (Å²) in [5.74, 6) is 1.04. The minimum atomic E-state index is 0.0639. The summed E-state index contributed by atoms with van der Waals surface area (Å²) >= 11 is 1.64. The first kappa shape index (κ1) is 17.5. The number of nitrogens with zero attached hydrogens (tertiary/aromatic N) is 1. The number of carbonyl (C=O) groups excluding carboxylic acids is 2. The molecule has 1 aromatic heterocycles. The van der Waals surface area contributed by atoms with E-state index in [1.54, 1.807) is 11.3 Å². The zero-order valence-corrected chi connectivity index (χ0v) is 15.6. The van der Waals surface area contributed by atoms with Crippen molar-refractivity contribution in [1.29, 1.82) is 0 Å². The maximum absolute atomic E-state index is 12.5. The van der Waals surface area contributed by atoms with E-state index in [2.05, 4.69) is 19.2 Å². The van der Waals surface area contributed by atoms with E-state index in [9.17, 15) is 9.59 Å². The van der Waals surface area contributed by atoms with Gasteiger partial charge in [-0.2, -0.15) is 0 Å². The molecule has 132 valence electrons. The summed E-state index contributed by atoms with van der Waals surface area (Å²) in [6.45, 7) is 6.89. The Bertz CT molecular complexity index is 603. The Morgan fingerprint density at radius 2 is 2.08 bits per heavy atom. The van der Waals surface area contributed by atoms with Gasteiger partial charge in [0.05, 0.1) is 4.88 Å². The summed E-state index contributed by atoms with van der Waals surface area (Å²) < 4.78 is 0. The summed E-state index contributed by atoms with van der Waals surface area (Å²) in [4.78, 5) is 29.0. The smallest absolute Gasteiger partial charge is 0.263 e. The first-order chi connectivity index (χ1) is 11.5. The molecule has 3 rings (SSSR count). The van der Waals surface area contributed by atoms with Crippen LogP contribution in [0.25, 0.3) is 0 Å². The number of fused-ring (bicyclic) bond motifs is 1. The average molecular weight is 349 g/mol. The Balaban J connectivity index is 1.59. The highest BCUT2D eigenvalue weighted by molar-refractivity contribution is 7.14. The van der Waals surface area contributed by atoms with Gasteiger partial charge in [-0.15, -0.1) is 11.3 Å². The summed E-state index contributed by atoms with van der Waals surface area (Å²) in [6.07, 6.45) is 5.88. The van der Waals surface area contributed by atoms with E-state index in [-0.39, 0.29) is 17.7 Å². The van der Waals surface area contributed by atoms with Crippen LogP contribution in [-0.4, -0.2) is 36.3 Å². The third kappa shape index (κ3) is 4.00. The van der Waals surface area contributed by atoms with Gasteiger partial charge in [-0.05, 0) is 56.1 Å². The lowest BCUT2D eigenvalue weighted by atomic mass is 9.87. The zero-order valence-electron chi connectivity index (χ0n) is 14.8. The van der Waals surface area contributed by atoms with E-state index in [1.165, 1.54) is 10.4 Å². The van der Waals surface area contributed by atoms with Crippen molar-refractivity contribution in [2.24, 2.45) is 11.8 Å². The fraction of sp³-hybridized carbons (Fsp3) is 0.684. The normalized spacial score (nSPS) is 20.3. The van der Waals surface area contributed by atoms with E-state index in [0.717, 1.165) is 63.0 Å². The van der Waals surface area contributed by atoms with Crippen LogP contribution in [0, 0.1) is 11.8 Å². The predicted octanol–water partition coefficient (Wildman–Crippen LogP) is 3.25. The van der Waals surface area contributed by atoms with Crippen LogP contribution in [0.2, 0.25) is 0 Å². The summed E-state index contributed by atoms with van der Waals surface area (Å²) in [7, 11) is 0. The maximum atomic E-state index is 12.5. The van der Waals surface area contributed by atoms with Gasteiger partial charge in [-0.25, -0.2) is 0 Å². The molecule has 2 amide bonds. The summed E-state index contributed by atoms with van der Waals surface area (Å²) in [6, 6.07) is 2.05. The molecule has 0 bridgehead atoms. The van der Waals surface area contributed by atoms with Gasteiger partial charge in [0.1, 0.15) is 0 Å². The fourth-order valence-electron chi connectivity index (χ4n) is 3.56. The molecule has 1 atom stereocenters. The van der Waals surface area contributed by atoms with Crippen LogP contribution in [0.4, 0.5) is 0 Å². The van der Waals surface area contributed by atoms with Crippen LogP contribution in [0.5, 0.6) is 0 Å². The van der Waals surface area contributed by atoms with Gasteiger partial charge < -0.3 is 10.2 Å². The number of rotatable bonds is 5. The first-order valence-corrected chi connectivity index (χ1v) is 10.0. The van der Waals surface area contributed by atoms with Gasteiger partial charge in [0, 0.05) is 30.4 Å². The molecule has 5 heteroatoms. The molecule has 0 spiro atoms. The van der Waals surface area contributed by atoms with Crippen LogP contribution in [0.15, 0.2) is 6.07 Å². The first-order valence-electron chi connectivity index (χ1n) is 9.23. The third-order valence-electron chi connectivity index (χ3n) is 5.08. The van der Waals surface area contributed by atoms with Gasteiger partial charge in [0.25, 0.3) is 5.91 Å². The molecule has 1 saturated heterocycles. The summed E-state index contributed by atoms with van der Waals surface area (Å²) in [5, 5.41) is 3.08. The lowest BCUT2D eigenvalue weighted by molar-refractivity contribution is -0.125. The number of thiophene rings is 1. The monoisotopic (exact) mass is 348 g/mol. The number of hydrogen-bond acceptors (Lipinski definition) is 3. The fourth-order valence-corrected chi connectivity index (χ4v) is 4.73. The second-order valence-corrected chi connectivity index (χ2v) is 8.61. The van der Waals surface area contributed by atoms with Crippen LogP contribution in [0.1, 0.15) is 59.6 Å². The topological polar surface area (TPSA) is 49.4 Å². The van der Waals surface area contributed by atoms with Crippen molar-refractivity contribution in [3.63, 3.8) is 0 Å². The second-order valence-electron chi connectivity index (χ2n) is 7.47. The van der Waals surface area contributed by atoms with E-state index in [0.29, 0.717) is 5.92 Å². The van der Waals surface area contributed by atoms with E-state index >= 15 is 0 Å². The number of likely N-dealkylation sites (tertiary alicyclic amines) is 1. The van der Waals surface area contributed by atoms with Crippen molar-refractivity contribution in [3.05, 3.63) is 21.4 Å². The molecule has 1 fully saturated rings. The number of carbonyl (C=O) groups is 2. The van der Waals surface area contributed by atoms with Crippen molar-refractivity contribution >= 4 is 23.2 Å². The Morgan fingerprint density at radius 1 is 1.33 bits per heavy atom. The number of nitrogens with one attached hydrogen (secondary N) is 1. The molecule has 24 heavy (non-hydrogen) atoms. The molecular weight excluding hydrogens is 320 g/mol. The Hall–Kier alpha value is -1.36. The molecule has 1 aliphatic carbocycles.